The second-order valence-electron chi connectivity index (χ2n) is 4.78. The van der Waals surface area contributed by atoms with Crippen molar-refractivity contribution in [2.24, 2.45) is 0 Å². The fourth-order valence-corrected chi connectivity index (χ4v) is 2.67. The molecule has 1 aromatic rings. The van der Waals surface area contributed by atoms with Crippen LogP contribution in [0, 0.1) is 3.57 Å². The smallest absolute Gasteiger partial charge is 0.254 e. The normalized spacial score (nSPS) is 14.9. The highest BCUT2D eigenvalue weighted by atomic mass is 127. The Bertz CT molecular complexity index is 547. The summed E-state index contributed by atoms with van der Waals surface area (Å²) in [4.78, 5) is 27.6. The third-order valence-corrected chi connectivity index (χ3v) is 4.79. The van der Waals surface area contributed by atoms with Gasteiger partial charge in [0.15, 0.2) is 0 Å². The molecule has 0 N–H and O–H groups in total. The molecule has 1 fully saturated rings. The molecular weight excluding hydrogens is 407 g/mol. The van der Waals surface area contributed by atoms with E-state index in [2.05, 4.69) is 22.6 Å². The van der Waals surface area contributed by atoms with Gasteiger partial charge in [0.1, 0.15) is 0 Å². The Kier molecular flexibility index (Phi) is 5.83. The number of hydrogen-bond donors (Lipinski definition) is 0. The number of carbonyl (C=O) groups excluding carboxylic acids is 2. The zero-order chi connectivity index (χ0) is 15.4. The van der Waals surface area contributed by atoms with Crippen LogP contribution in [0.25, 0.3) is 0 Å². The maximum Gasteiger partial charge on any atom is 0.254 e. The lowest BCUT2D eigenvalue weighted by molar-refractivity contribution is -0.135. The molecule has 0 radical (unpaired) electrons. The van der Waals surface area contributed by atoms with E-state index in [0.717, 1.165) is 3.57 Å². The number of halogens is 2. The molecule has 1 aliphatic rings. The van der Waals surface area contributed by atoms with Crippen molar-refractivity contribution in [2.45, 2.75) is 0 Å². The van der Waals surface area contributed by atoms with E-state index in [0.29, 0.717) is 36.9 Å². The number of benzene rings is 1. The standard InChI is InChI=1S/C14H16ClIN2O3/c1-17(9-13(19)18-4-6-21-7-5-18)14(20)10-2-3-11(15)12(16)8-10/h2-3,8H,4-7,9H2,1H3. The van der Waals surface area contributed by atoms with Crippen LogP contribution in [0.5, 0.6) is 0 Å². The van der Waals surface area contributed by atoms with Gasteiger partial charge in [-0.1, -0.05) is 11.6 Å². The Labute approximate surface area is 142 Å². The molecule has 0 saturated carbocycles. The summed E-state index contributed by atoms with van der Waals surface area (Å²) < 4.78 is 6.02. The van der Waals surface area contributed by atoms with Crippen LogP contribution < -0.4 is 0 Å². The molecule has 7 heteroatoms. The van der Waals surface area contributed by atoms with Crippen LogP contribution in [0.4, 0.5) is 0 Å². The van der Waals surface area contributed by atoms with Gasteiger partial charge in [0.25, 0.3) is 5.91 Å². The fourth-order valence-electron chi connectivity index (χ4n) is 2.04. The number of carbonyl (C=O) groups is 2. The van der Waals surface area contributed by atoms with Gasteiger partial charge in [-0.25, -0.2) is 0 Å². The van der Waals surface area contributed by atoms with Crippen molar-refractivity contribution < 1.29 is 14.3 Å². The monoisotopic (exact) mass is 422 g/mol. The van der Waals surface area contributed by atoms with Crippen LogP contribution in [0.3, 0.4) is 0 Å². The molecule has 0 atom stereocenters. The molecule has 1 heterocycles. The van der Waals surface area contributed by atoms with E-state index in [9.17, 15) is 9.59 Å². The molecule has 1 aliphatic heterocycles. The molecule has 0 aliphatic carbocycles. The number of morpholine rings is 1. The first-order valence-electron chi connectivity index (χ1n) is 6.55. The van der Waals surface area contributed by atoms with Crippen molar-refractivity contribution >= 4 is 46.0 Å². The highest BCUT2D eigenvalue weighted by Crippen LogP contribution is 2.20. The fraction of sp³-hybridized carbons (Fsp3) is 0.429. The van der Waals surface area contributed by atoms with Crippen LogP contribution in [-0.4, -0.2) is 61.5 Å². The van der Waals surface area contributed by atoms with Gasteiger partial charge in [-0.3, -0.25) is 9.59 Å². The van der Waals surface area contributed by atoms with Gasteiger partial charge < -0.3 is 14.5 Å². The first-order valence-corrected chi connectivity index (χ1v) is 8.00. The third-order valence-electron chi connectivity index (χ3n) is 3.25. The molecule has 2 rings (SSSR count). The highest BCUT2D eigenvalue weighted by Gasteiger charge is 2.21. The summed E-state index contributed by atoms with van der Waals surface area (Å²) in [5, 5.41) is 0.610. The lowest BCUT2D eigenvalue weighted by Gasteiger charge is -2.28. The predicted octanol–water partition coefficient (Wildman–Crippen LogP) is 1.88. The van der Waals surface area contributed by atoms with E-state index < -0.39 is 0 Å². The van der Waals surface area contributed by atoms with Crippen LogP contribution >= 0.6 is 34.2 Å². The van der Waals surface area contributed by atoms with E-state index in [1.807, 2.05) is 0 Å². The molecule has 2 amide bonds. The van der Waals surface area contributed by atoms with Gasteiger partial charge >= 0.3 is 0 Å². The number of ether oxygens (including phenoxy) is 1. The molecule has 0 bridgehead atoms. The summed E-state index contributed by atoms with van der Waals surface area (Å²) in [6.45, 7) is 2.34. The average Bonchev–Trinajstić information content (AvgIpc) is 2.50. The minimum absolute atomic E-state index is 0.0576. The summed E-state index contributed by atoms with van der Waals surface area (Å²) in [7, 11) is 1.63. The molecule has 21 heavy (non-hydrogen) atoms. The van der Waals surface area contributed by atoms with Crippen LogP contribution in [0.2, 0.25) is 5.02 Å². The number of likely N-dealkylation sites (N-methyl/N-ethyl adjacent to an activating group) is 1. The number of hydrogen-bond acceptors (Lipinski definition) is 3. The van der Waals surface area contributed by atoms with Gasteiger partial charge in [-0.15, -0.1) is 0 Å². The van der Waals surface area contributed by atoms with Gasteiger partial charge in [0.2, 0.25) is 5.91 Å². The first-order chi connectivity index (χ1) is 9.99. The van der Waals surface area contributed by atoms with Crippen molar-refractivity contribution in [3.05, 3.63) is 32.4 Å². The van der Waals surface area contributed by atoms with E-state index >= 15 is 0 Å². The molecule has 1 aromatic carbocycles. The van der Waals surface area contributed by atoms with Gasteiger partial charge in [-0.2, -0.15) is 0 Å². The van der Waals surface area contributed by atoms with Gasteiger partial charge in [-0.05, 0) is 40.8 Å². The number of nitrogens with zero attached hydrogens (tertiary/aromatic N) is 2. The van der Waals surface area contributed by atoms with Crippen molar-refractivity contribution in [2.75, 3.05) is 39.9 Å². The van der Waals surface area contributed by atoms with E-state index in [-0.39, 0.29) is 18.4 Å². The zero-order valence-electron chi connectivity index (χ0n) is 11.6. The van der Waals surface area contributed by atoms with Crippen molar-refractivity contribution in [1.82, 2.24) is 9.80 Å². The molecular formula is C14H16ClIN2O3. The van der Waals surface area contributed by atoms with E-state index in [1.165, 1.54) is 4.90 Å². The molecule has 0 spiro atoms. The Balaban J connectivity index is 1.98. The molecule has 0 unspecified atom stereocenters. The van der Waals surface area contributed by atoms with Crippen molar-refractivity contribution in [3.63, 3.8) is 0 Å². The van der Waals surface area contributed by atoms with Crippen LogP contribution in [0.15, 0.2) is 18.2 Å². The number of amides is 2. The van der Waals surface area contributed by atoms with Crippen LogP contribution in [-0.2, 0) is 9.53 Å². The Morgan fingerprint density at radius 1 is 1.38 bits per heavy atom. The predicted molar refractivity (Wildman–Crippen MR) is 88.5 cm³/mol. The topological polar surface area (TPSA) is 49.9 Å². The van der Waals surface area contributed by atoms with Gasteiger partial charge in [0.05, 0.1) is 24.8 Å². The van der Waals surface area contributed by atoms with Crippen molar-refractivity contribution in [1.29, 1.82) is 0 Å². The zero-order valence-corrected chi connectivity index (χ0v) is 14.6. The molecule has 1 saturated heterocycles. The third kappa shape index (κ3) is 4.31. The minimum Gasteiger partial charge on any atom is -0.378 e. The quantitative estimate of drug-likeness (QED) is 0.699. The molecule has 0 aromatic heterocycles. The average molecular weight is 423 g/mol. The van der Waals surface area contributed by atoms with Crippen molar-refractivity contribution in [3.8, 4) is 0 Å². The van der Waals surface area contributed by atoms with Gasteiger partial charge in [0, 0.05) is 29.3 Å². The maximum atomic E-state index is 12.3. The second kappa shape index (κ2) is 7.42. The highest BCUT2D eigenvalue weighted by molar-refractivity contribution is 14.1. The van der Waals surface area contributed by atoms with Crippen LogP contribution in [0.1, 0.15) is 10.4 Å². The van der Waals surface area contributed by atoms with E-state index in [1.54, 1.807) is 30.1 Å². The Hall–Kier alpha value is -0.860. The summed E-state index contributed by atoms with van der Waals surface area (Å²) in [5.41, 5.74) is 0.529. The largest absolute Gasteiger partial charge is 0.378 e. The maximum absolute atomic E-state index is 12.3. The second-order valence-corrected chi connectivity index (χ2v) is 6.35. The summed E-state index contributed by atoms with van der Waals surface area (Å²) >= 11 is 8.02. The Morgan fingerprint density at radius 2 is 2.05 bits per heavy atom. The minimum atomic E-state index is -0.189. The number of rotatable bonds is 3. The Morgan fingerprint density at radius 3 is 2.67 bits per heavy atom. The summed E-state index contributed by atoms with van der Waals surface area (Å²) in [6, 6.07) is 5.08. The first kappa shape index (κ1) is 16.5. The lowest BCUT2D eigenvalue weighted by Crippen LogP contribution is -2.46. The SMILES string of the molecule is CN(CC(=O)N1CCOCC1)C(=O)c1ccc(Cl)c(I)c1. The molecule has 114 valence electrons. The lowest BCUT2D eigenvalue weighted by atomic mass is 10.2. The summed E-state index contributed by atoms with van der Waals surface area (Å²) in [6.07, 6.45) is 0. The van der Waals surface area contributed by atoms with E-state index in [4.69, 9.17) is 16.3 Å². The molecule has 5 nitrogen and oxygen atoms in total. The summed E-state index contributed by atoms with van der Waals surface area (Å²) in [5.74, 6) is -0.246.